The van der Waals surface area contributed by atoms with Gasteiger partial charge < -0.3 is 5.32 Å². The number of aromatic nitrogens is 1. The van der Waals surface area contributed by atoms with Crippen LogP contribution in [0.25, 0.3) is 0 Å². The molecule has 2 heterocycles. The molecule has 3 heteroatoms. The molecule has 1 aromatic rings. The second-order valence-corrected chi connectivity index (χ2v) is 6.06. The third kappa shape index (κ3) is 4.57. The van der Waals surface area contributed by atoms with Crippen LogP contribution < -0.4 is 5.32 Å². The number of aryl methyl sites for hydroxylation is 1. The number of piperidine rings is 1. The van der Waals surface area contributed by atoms with Crippen LogP contribution in [-0.4, -0.2) is 35.1 Å². The Morgan fingerprint density at radius 2 is 2.25 bits per heavy atom. The lowest BCUT2D eigenvalue weighted by Crippen LogP contribution is -2.41. The highest BCUT2D eigenvalue weighted by molar-refractivity contribution is 5.09. The minimum absolute atomic E-state index is 0.609. The van der Waals surface area contributed by atoms with E-state index < -0.39 is 0 Å². The normalized spacial score (nSPS) is 21.1. The van der Waals surface area contributed by atoms with Crippen molar-refractivity contribution in [2.75, 3.05) is 13.1 Å². The van der Waals surface area contributed by atoms with E-state index in [1.54, 1.807) is 0 Å². The average molecular weight is 275 g/mol. The topological polar surface area (TPSA) is 28.2 Å². The SMILES string of the molecule is CCN(Cc1cccc(C)n1)C(C)CC1CCCCN1. The van der Waals surface area contributed by atoms with E-state index in [0.717, 1.165) is 18.8 Å². The van der Waals surface area contributed by atoms with Gasteiger partial charge in [-0.1, -0.05) is 19.4 Å². The van der Waals surface area contributed by atoms with Gasteiger partial charge in [-0.2, -0.15) is 0 Å². The van der Waals surface area contributed by atoms with Crippen LogP contribution in [0.4, 0.5) is 0 Å². The third-order valence-electron chi connectivity index (χ3n) is 4.38. The molecule has 2 unspecified atom stereocenters. The van der Waals surface area contributed by atoms with Crippen molar-refractivity contribution < 1.29 is 0 Å². The zero-order chi connectivity index (χ0) is 14.4. The van der Waals surface area contributed by atoms with Crippen LogP contribution in [0.1, 0.15) is 50.9 Å². The molecule has 1 aliphatic heterocycles. The van der Waals surface area contributed by atoms with Crippen molar-refractivity contribution in [3.05, 3.63) is 29.6 Å². The zero-order valence-electron chi connectivity index (χ0n) is 13.2. The second-order valence-electron chi connectivity index (χ2n) is 6.06. The standard InChI is InChI=1S/C17H29N3/c1-4-20(13-17-10-7-8-14(2)19-17)15(3)12-16-9-5-6-11-18-16/h7-8,10,15-16,18H,4-6,9,11-13H2,1-3H3. The first kappa shape index (κ1) is 15.5. The molecule has 0 bridgehead atoms. The van der Waals surface area contributed by atoms with Gasteiger partial charge in [0.05, 0.1) is 5.69 Å². The average Bonchev–Trinajstić information content (AvgIpc) is 2.46. The molecule has 0 aliphatic carbocycles. The van der Waals surface area contributed by atoms with Crippen LogP contribution in [0.5, 0.6) is 0 Å². The van der Waals surface area contributed by atoms with E-state index in [-0.39, 0.29) is 0 Å². The molecule has 0 aromatic carbocycles. The Labute approximate surface area is 123 Å². The molecule has 0 amide bonds. The highest BCUT2D eigenvalue weighted by Gasteiger charge is 2.19. The Kier molecular flexibility index (Phi) is 5.99. The van der Waals surface area contributed by atoms with Gasteiger partial charge in [0.25, 0.3) is 0 Å². The van der Waals surface area contributed by atoms with E-state index in [9.17, 15) is 0 Å². The maximum absolute atomic E-state index is 4.63. The first-order valence-corrected chi connectivity index (χ1v) is 8.09. The molecular formula is C17H29N3. The van der Waals surface area contributed by atoms with Crippen molar-refractivity contribution in [1.29, 1.82) is 0 Å². The summed E-state index contributed by atoms with van der Waals surface area (Å²) in [6.45, 7) is 9.92. The molecule has 2 atom stereocenters. The second kappa shape index (κ2) is 7.75. The summed E-state index contributed by atoms with van der Waals surface area (Å²) in [6.07, 6.45) is 5.32. The molecule has 3 nitrogen and oxygen atoms in total. The minimum atomic E-state index is 0.609. The highest BCUT2D eigenvalue weighted by atomic mass is 15.2. The highest BCUT2D eigenvalue weighted by Crippen LogP contribution is 2.16. The Hall–Kier alpha value is -0.930. The molecule has 0 saturated carbocycles. The molecule has 1 fully saturated rings. The molecule has 20 heavy (non-hydrogen) atoms. The van der Waals surface area contributed by atoms with E-state index in [1.165, 1.54) is 37.9 Å². The third-order valence-corrected chi connectivity index (χ3v) is 4.38. The van der Waals surface area contributed by atoms with Gasteiger partial charge in [0, 0.05) is 24.3 Å². The number of nitrogens with zero attached hydrogens (tertiary/aromatic N) is 2. The van der Waals surface area contributed by atoms with Gasteiger partial charge in [-0.05, 0) is 58.3 Å². The summed E-state index contributed by atoms with van der Waals surface area (Å²) < 4.78 is 0. The molecule has 0 radical (unpaired) electrons. The van der Waals surface area contributed by atoms with Crippen molar-refractivity contribution in [2.45, 2.75) is 65.1 Å². The Morgan fingerprint density at radius 1 is 1.40 bits per heavy atom. The summed E-state index contributed by atoms with van der Waals surface area (Å²) in [4.78, 5) is 7.17. The van der Waals surface area contributed by atoms with Gasteiger partial charge in [0.15, 0.2) is 0 Å². The maximum atomic E-state index is 4.63. The lowest BCUT2D eigenvalue weighted by Gasteiger charge is -2.32. The molecule has 1 aliphatic rings. The van der Waals surface area contributed by atoms with E-state index in [1.807, 2.05) is 0 Å². The van der Waals surface area contributed by atoms with Gasteiger partial charge in [0.2, 0.25) is 0 Å². The van der Waals surface area contributed by atoms with Gasteiger partial charge in [-0.15, -0.1) is 0 Å². The van der Waals surface area contributed by atoms with Gasteiger partial charge in [-0.25, -0.2) is 0 Å². The molecule has 2 rings (SSSR count). The first-order valence-electron chi connectivity index (χ1n) is 8.09. The van der Waals surface area contributed by atoms with E-state index in [2.05, 4.69) is 54.2 Å². The van der Waals surface area contributed by atoms with Crippen molar-refractivity contribution in [3.63, 3.8) is 0 Å². The summed E-state index contributed by atoms with van der Waals surface area (Å²) in [5.74, 6) is 0. The number of nitrogens with one attached hydrogen (secondary N) is 1. The van der Waals surface area contributed by atoms with E-state index in [0.29, 0.717) is 12.1 Å². The van der Waals surface area contributed by atoms with Crippen molar-refractivity contribution in [3.8, 4) is 0 Å². The lowest BCUT2D eigenvalue weighted by atomic mass is 9.98. The predicted molar refractivity (Wildman–Crippen MR) is 84.8 cm³/mol. The van der Waals surface area contributed by atoms with Gasteiger partial charge >= 0.3 is 0 Å². The van der Waals surface area contributed by atoms with E-state index in [4.69, 9.17) is 0 Å². The smallest absolute Gasteiger partial charge is 0.0547 e. The monoisotopic (exact) mass is 275 g/mol. The first-order chi connectivity index (χ1) is 9.69. The van der Waals surface area contributed by atoms with Crippen LogP contribution in [0.3, 0.4) is 0 Å². The summed E-state index contributed by atoms with van der Waals surface area (Å²) in [6, 6.07) is 7.63. The molecule has 1 aromatic heterocycles. The van der Waals surface area contributed by atoms with E-state index >= 15 is 0 Å². The fourth-order valence-electron chi connectivity index (χ4n) is 3.16. The predicted octanol–water partition coefficient (Wildman–Crippen LogP) is 3.13. The van der Waals surface area contributed by atoms with Crippen molar-refractivity contribution in [1.82, 2.24) is 15.2 Å². The van der Waals surface area contributed by atoms with Crippen LogP contribution in [0, 0.1) is 6.92 Å². The molecule has 0 spiro atoms. The Bertz CT molecular complexity index is 399. The largest absolute Gasteiger partial charge is 0.314 e. The summed E-state index contributed by atoms with van der Waals surface area (Å²) in [5.41, 5.74) is 2.30. The zero-order valence-corrected chi connectivity index (χ0v) is 13.2. The minimum Gasteiger partial charge on any atom is -0.314 e. The molecule has 1 saturated heterocycles. The summed E-state index contributed by atoms with van der Waals surface area (Å²) in [5, 5.41) is 3.66. The summed E-state index contributed by atoms with van der Waals surface area (Å²) >= 11 is 0. The molecule has 112 valence electrons. The summed E-state index contributed by atoms with van der Waals surface area (Å²) in [7, 11) is 0. The fourth-order valence-corrected chi connectivity index (χ4v) is 3.16. The molecular weight excluding hydrogens is 246 g/mol. The maximum Gasteiger partial charge on any atom is 0.0547 e. The number of pyridine rings is 1. The van der Waals surface area contributed by atoms with Crippen LogP contribution in [-0.2, 0) is 6.54 Å². The number of rotatable bonds is 6. The van der Waals surface area contributed by atoms with Crippen LogP contribution >= 0.6 is 0 Å². The van der Waals surface area contributed by atoms with Crippen LogP contribution in [0.15, 0.2) is 18.2 Å². The van der Waals surface area contributed by atoms with Crippen molar-refractivity contribution in [2.24, 2.45) is 0 Å². The van der Waals surface area contributed by atoms with Gasteiger partial charge in [0.1, 0.15) is 0 Å². The van der Waals surface area contributed by atoms with Crippen molar-refractivity contribution >= 4 is 0 Å². The van der Waals surface area contributed by atoms with Crippen LogP contribution in [0.2, 0.25) is 0 Å². The Balaban J connectivity index is 1.89. The number of hydrogen-bond donors (Lipinski definition) is 1. The fraction of sp³-hybridized carbons (Fsp3) is 0.706. The lowest BCUT2D eigenvalue weighted by molar-refractivity contribution is 0.178. The number of hydrogen-bond acceptors (Lipinski definition) is 3. The quantitative estimate of drug-likeness (QED) is 0.864. The van der Waals surface area contributed by atoms with Gasteiger partial charge in [-0.3, -0.25) is 9.88 Å². The molecule has 1 N–H and O–H groups in total. The Morgan fingerprint density at radius 3 is 2.90 bits per heavy atom.